The summed E-state index contributed by atoms with van der Waals surface area (Å²) in [7, 11) is -3.87. The number of fused-ring (bicyclic) bond motifs is 2. The van der Waals surface area contributed by atoms with Crippen LogP contribution in [0.3, 0.4) is 0 Å². The number of piperidine rings is 1. The average Bonchev–Trinajstić information content (AvgIpc) is 3.33. The van der Waals surface area contributed by atoms with E-state index in [1.807, 2.05) is 54.6 Å². The molecule has 200 valence electrons. The summed E-state index contributed by atoms with van der Waals surface area (Å²) in [5.41, 5.74) is 8.84. The Hall–Kier alpha value is -3.40. The minimum atomic E-state index is -3.87. The molecule has 1 atom stereocenters. The quantitative estimate of drug-likeness (QED) is 0.199. The molecular weight excluding hydrogens is 576 g/mol. The highest BCUT2D eigenvalue weighted by Gasteiger charge is 2.39. The number of nitrogens with one attached hydrogen (secondary N) is 2. The lowest BCUT2D eigenvalue weighted by Crippen LogP contribution is -2.34. The van der Waals surface area contributed by atoms with E-state index in [4.69, 9.17) is 15.9 Å². The SMILES string of the molecule is N=C(N)c1ccc2ccc(C3Cc4cc(OC5CCNCC5)ccc4N3S(=O)(=O)c3ccc(Br)cc3)cc2c1. The van der Waals surface area contributed by atoms with Crippen LogP contribution < -0.4 is 20.1 Å². The van der Waals surface area contributed by atoms with Crippen molar-refractivity contribution >= 4 is 48.2 Å². The summed E-state index contributed by atoms with van der Waals surface area (Å²) in [6, 6.07) is 23.7. The second kappa shape index (κ2) is 10.3. The fourth-order valence-electron chi connectivity index (χ4n) is 5.49. The molecule has 2 aliphatic rings. The van der Waals surface area contributed by atoms with E-state index in [9.17, 15) is 8.42 Å². The van der Waals surface area contributed by atoms with E-state index < -0.39 is 16.1 Å². The lowest BCUT2D eigenvalue weighted by atomic mass is 9.98. The molecule has 4 aromatic rings. The second-order valence-electron chi connectivity index (χ2n) is 10.1. The molecule has 0 radical (unpaired) electrons. The summed E-state index contributed by atoms with van der Waals surface area (Å²) in [5.74, 6) is 0.767. The van der Waals surface area contributed by atoms with Crippen molar-refractivity contribution < 1.29 is 13.2 Å². The van der Waals surface area contributed by atoms with Crippen molar-refractivity contribution in [3.8, 4) is 5.75 Å². The van der Waals surface area contributed by atoms with Crippen LogP contribution in [0.1, 0.15) is 35.6 Å². The fraction of sp³-hybridized carbons (Fsp3) is 0.233. The van der Waals surface area contributed by atoms with Gasteiger partial charge in [-0.05, 0) is 102 Å². The molecule has 9 heteroatoms. The standard InChI is InChI=1S/C30H29BrN4O3S/c31-24-5-8-27(9-6-24)39(36,37)35-28-10-7-26(38-25-11-13-34-14-12-25)17-23(28)18-29(35)20-3-1-19-2-4-21(30(32)33)16-22(19)15-20/h1-10,15-17,25,29,34H,11-14,18H2,(H3,32,33). The Kier molecular flexibility index (Phi) is 6.82. The highest BCUT2D eigenvalue weighted by molar-refractivity contribution is 9.10. The molecular formula is C30H29BrN4O3S. The lowest BCUT2D eigenvalue weighted by Gasteiger charge is -2.28. The van der Waals surface area contributed by atoms with E-state index in [0.717, 1.165) is 58.1 Å². The molecule has 0 aliphatic carbocycles. The Bertz CT molecular complexity index is 1670. The van der Waals surface area contributed by atoms with Crippen LogP contribution in [0.2, 0.25) is 0 Å². The van der Waals surface area contributed by atoms with Crippen molar-refractivity contribution in [3.05, 3.63) is 100 Å². The zero-order chi connectivity index (χ0) is 27.1. The van der Waals surface area contributed by atoms with Crippen LogP contribution in [-0.4, -0.2) is 33.4 Å². The van der Waals surface area contributed by atoms with Gasteiger partial charge in [-0.2, -0.15) is 0 Å². The molecule has 7 nitrogen and oxygen atoms in total. The van der Waals surface area contributed by atoms with Crippen LogP contribution in [0.25, 0.3) is 10.8 Å². The van der Waals surface area contributed by atoms with Gasteiger partial charge in [-0.25, -0.2) is 8.42 Å². The smallest absolute Gasteiger partial charge is 0.264 e. The molecule has 4 N–H and O–H groups in total. The van der Waals surface area contributed by atoms with E-state index in [-0.39, 0.29) is 16.8 Å². The van der Waals surface area contributed by atoms with Crippen LogP contribution in [0.4, 0.5) is 5.69 Å². The van der Waals surface area contributed by atoms with Gasteiger partial charge in [0.25, 0.3) is 10.0 Å². The van der Waals surface area contributed by atoms with E-state index in [1.165, 1.54) is 0 Å². The molecule has 6 rings (SSSR count). The van der Waals surface area contributed by atoms with Crippen LogP contribution in [0.5, 0.6) is 5.75 Å². The third-order valence-electron chi connectivity index (χ3n) is 7.50. The van der Waals surface area contributed by atoms with Gasteiger partial charge in [0.15, 0.2) is 0 Å². The lowest BCUT2D eigenvalue weighted by molar-refractivity contribution is 0.162. The summed E-state index contributed by atoms with van der Waals surface area (Å²) >= 11 is 3.41. The summed E-state index contributed by atoms with van der Waals surface area (Å²) in [4.78, 5) is 0.234. The Morgan fingerprint density at radius 3 is 2.44 bits per heavy atom. The van der Waals surface area contributed by atoms with Crippen molar-refractivity contribution in [2.24, 2.45) is 5.73 Å². The molecule has 0 spiro atoms. The molecule has 2 heterocycles. The van der Waals surface area contributed by atoms with Crippen molar-refractivity contribution in [2.45, 2.75) is 36.3 Å². The minimum absolute atomic E-state index is 0.00343. The first-order chi connectivity index (χ1) is 18.8. The topological polar surface area (TPSA) is 109 Å². The maximum atomic E-state index is 14.1. The molecule has 0 bridgehead atoms. The molecule has 1 fully saturated rings. The summed E-state index contributed by atoms with van der Waals surface area (Å²) in [6.07, 6.45) is 2.57. The number of ether oxygens (including phenoxy) is 1. The van der Waals surface area contributed by atoms with E-state index >= 15 is 0 Å². The number of hydrogen-bond acceptors (Lipinski definition) is 5. The number of nitrogens with zero attached hydrogens (tertiary/aromatic N) is 1. The van der Waals surface area contributed by atoms with Crippen LogP contribution in [-0.2, 0) is 16.4 Å². The van der Waals surface area contributed by atoms with Gasteiger partial charge in [0.2, 0.25) is 0 Å². The number of rotatable bonds is 6. The monoisotopic (exact) mass is 604 g/mol. The van der Waals surface area contributed by atoms with Gasteiger partial charge in [-0.15, -0.1) is 0 Å². The maximum absolute atomic E-state index is 14.1. The summed E-state index contributed by atoms with van der Waals surface area (Å²) in [5, 5.41) is 13.1. The number of benzene rings is 4. The van der Waals surface area contributed by atoms with Gasteiger partial charge < -0.3 is 15.8 Å². The van der Waals surface area contributed by atoms with Crippen molar-refractivity contribution in [3.63, 3.8) is 0 Å². The molecule has 1 unspecified atom stereocenters. The van der Waals surface area contributed by atoms with Gasteiger partial charge in [-0.1, -0.05) is 40.2 Å². The first-order valence-electron chi connectivity index (χ1n) is 13.0. The molecule has 0 aromatic heterocycles. The predicted octanol–water partition coefficient (Wildman–Crippen LogP) is 5.51. The number of nitrogen functional groups attached to an aromatic ring is 1. The summed E-state index contributed by atoms with van der Waals surface area (Å²) in [6.45, 7) is 1.87. The molecule has 2 aliphatic heterocycles. The average molecular weight is 606 g/mol. The van der Waals surface area contributed by atoms with E-state index in [0.29, 0.717) is 17.7 Å². The molecule has 0 saturated carbocycles. The Balaban J connectivity index is 1.43. The molecule has 4 aromatic carbocycles. The number of halogens is 1. The Labute approximate surface area is 236 Å². The van der Waals surface area contributed by atoms with Gasteiger partial charge in [0.05, 0.1) is 16.6 Å². The van der Waals surface area contributed by atoms with Gasteiger partial charge in [0.1, 0.15) is 17.7 Å². The number of amidine groups is 1. The van der Waals surface area contributed by atoms with Gasteiger partial charge >= 0.3 is 0 Å². The first kappa shape index (κ1) is 25.9. The summed E-state index contributed by atoms with van der Waals surface area (Å²) < 4.78 is 36.9. The first-order valence-corrected chi connectivity index (χ1v) is 15.2. The van der Waals surface area contributed by atoms with Gasteiger partial charge in [-0.3, -0.25) is 9.71 Å². The van der Waals surface area contributed by atoms with Crippen molar-refractivity contribution in [1.29, 1.82) is 5.41 Å². The number of hydrogen-bond donors (Lipinski definition) is 3. The zero-order valence-corrected chi connectivity index (χ0v) is 23.6. The number of anilines is 1. The van der Waals surface area contributed by atoms with E-state index in [2.05, 4.69) is 21.2 Å². The molecule has 1 saturated heterocycles. The van der Waals surface area contributed by atoms with Crippen LogP contribution in [0.15, 0.2) is 88.2 Å². The predicted molar refractivity (Wildman–Crippen MR) is 158 cm³/mol. The van der Waals surface area contributed by atoms with Crippen molar-refractivity contribution in [2.75, 3.05) is 17.4 Å². The number of sulfonamides is 1. The Morgan fingerprint density at radius 1 is 0.949 bits per heavy atom. The Morgan fingerprint density at radius 2 is 1.69 bits per heavy atom. The highest BCUT2D eigenvalue weighted by atomic mass is 79.9. The van der Waals surface area contributed by atoms with Gasteiger partial charge in [0, 0.05) is 16.5 Å². The maximum Gasteiger partial charge on any atom is 0.264 e. The minimum Gasteiger partial charge on any atom is -0.490 e. The van der Waals surface area contributed by atoms with E-state index in [1.54, 1.807) is 28.6 Å². The normalized spacial score (nSPS) is 17.8. The van der Waals surface area contributed by atoms with Crippen LogP contribution >= 0.6 is 15.9 Å². The molecule has 39 heavy (non-hydrogen) atoms. The fourth-order valence-corrected chi connectivity index (χ4v) is 7.43. The number of nitrogens with two attached hydrogens (primary N) is 1. The highest BCUT2D eigenvalue weighted by Crippen LogP contribution is 2.46. The third kappa shape index (κ3) is 5.02. The zero-order valence-electron chi connectivity index (χ0n) is 21.2. The molecule has 0 amide bonds. The van der Waals surface area contributed by atoms with Crippen molar-refractivity contribution in [1.82, 2.24) is 5.32 Å². The van der Waals surface area contributed by atoms with Crippen LogP contribution in [0, 0.1) is 5.41 Å². The third-order valence-corrected chi connectivity index (χ3v) is 9.87. The largest absolute Gasteiger partial charge is 0.490 e. The second-order valence-corrected chi connectivity index (χ2v) is 12.8.